The van der Waals surface area contributed by atoms with Gasteiger partial charge in [0.05, 0.1) is 5.56 Å². The van der Waals surface area contributed by atoms with Gasteiger partial charge in [0, 0.05) is 30.9 Å². The Morgan fingerprint density at radius 3 is 2.55 bits per heavy atom. The van der Waals surface area contributed by atoms with Crippen LogP contribution in [0.5, 0.6) is 0 Å². The molecule has 1 saturated heterocycles. The highest BCUT2D eigenvalue weighted by molar-refractivity contribution is 6.01. The molecule has 0 radical (unpaired) electrons. The van der Waals surface area contributed by atoms with Crippen molar-refractivity contribution in [2.75, 3.05) is 18.4 Å². The zero-order valence-corrected chi connectivity index (χ0v) is 18.6. The number of carbonyl (C=O) groups is 1. The van der Waals surface area contributed by atoms with Crippen molar-refractivity contribution in [1.82, 2.24) is 9.88 Å². The van der Waals surface area contributed by atoms with E-state index in [2.05, 4.69) is 36.3 Å². The van der Waals surface area contributed by atoms with E-state index in [1.165, 1.54) is 17.2 Å². The lowest BCUT2D eigenvalue weighted by atomic mass is 9.95. The maximum absolute atomic E-state index is 13.5. The molecule has 172 valence electrons. The maximum atomic E-state index is 13.5. The fourth-order valence-electron chi connectivity index (χ4n) is 4.14. The molecule has 1 atom stereocenters. The van der Waals surface area contributed by atoms with E-state index >= 15 is 0 Å². The second-order valence-corrected chi connectivity index (χ2v) is 8.51. The van der Waals surface area contributed by atoms with E-state index < -0.39 is 11.7 Å². The number of aromatic nitrogens is 1. The van der Waals surface area contributed by atoms with E-state index in [4.69, 9.17) is 0 Å². The Bertz CT molecular complexity index is 1140. The van der Waals surface area contributed by atoms with Crippen LogP contribution in [0.15, 0.2) is 60.8 Å². The predicted molar refractivity (Wildman–Crippen MR) is 123 cm³/mol. The van der Waals surface area contributed by atoms with Gasteiger partial charge < -0.3 is 10.2 Å². The first-order chi connectivity index (χ1) is 15.7. The number of amides is 1. The van der Waals surface area contributed by atoms with Gasteiger partial charge in [-0.1, -0.05) is 36.4 Å². The van der Waals surface area contributed by atoms with E-state index in [9.17, 15) is 18.0 Å². The maximum Gasteiger partial charge on any atom is 0.417 e. The van der Waals surface area contributed by atoms with Gasteiger partial charge in [0.25, 0.3) is 5.91 Å². The Labute approximate surface area is 191 Å². The summed E-state index contributed by atoms with van der Waals surface area (Å²) in [4.78, 5) is 19.2. The van der Waals surface area contributed by atoms with Crippen molar-refractivity contribution < 1.29 is 18.0 Å². The minimum absolute atomic E-state index is 0.0456. The molecule has 1 fully saturated rings. The van der Waals surface area contributed by atoms with Crippen LogP contribution in [0.25, 0.3) is 11.1 Å². The summed E-state index contributed by atoms with van der Waals surface area (Å²) in [7, 11) is 0. The largest absolute Gasteiger partial charge is 0.417 e. The molecule has 4 nitrogen and oxygen atoms in total. The molecule has 1 N–H and O–H groups in total. The van der Waals surface area contributed by atoms with E-state index in [1.54, 1.807) is 0 Å². The van der Waals surface area contributed by atoms with Gasteiger partial charge in [-0.15, -0.1) is 0 Å². The molecule has 1 amide bonds. The number of hydrogen-bond acceptors (Lipinski definition) is 3. The van der Waals surface area contributed by atoms with Crippen molar-refractivity contribution in [2.45, 2.75) is 38.9 Å². The Kier molecular flexibility index (Phi) is 6.40. The smallest absolute Gasteiger partial charge is 0.366 e. The summed E-state index contributed by atoms with van der Waals surface area (Å²) in [5.41, 5.74) is 4.13. The number of benzene rings is 2. The third-order valence-electron chi connectivity index (χ3n) is 6.13. The molecule has 0 aliphatic carbocycles. The van der Waals surface area contributed by atoms with E-state index in [-0.39, 0.29) is 11.9 Å². The Hall–Kier alpha value is -3.35. The minimum Gasteiger partial charge on any atom is -0.366 e. The highest BCUT2D eigenvalue weighted by Crippen LogP contribution is 2.30. The van der Waals surface area contributed by atoms with Crippen molar-refractivity contribution in [2.24, 2.45) is 0 Å². The van der Waals surface area contributed by atoms with Crippen LogP contribution in [0.2, 0.25) is 0 Å². The van der Waals surface area contributed by atoms with E-state index in [1.807, 2.05) is 35.2 Å². The molecule has 2 aromatic carbocycles. The van der Waals surface area contributed by atoms with Gasteiger partial charge in [-0.2, -0.15) is 13.2 Å². The lowest BCUT2D eigenvalue weighted by Gasteiger charge is -2.34. The lowest BCUT2D eigenvalue weighted by Crippen LogP contribution is -2.45. The molecular formula is C26H26F3N3O. The third-order valence-corrected chi connectivity index (χ3v) is 6.13. The first-order valence-corrected chi connectivity index (χ1v) is 11.0. The second-order valence-electron chi connectivity index (χ2n) is 8.51. The molecule has 2 heterocycles. The van der Waals surface area contributed by atoms with Crippen LogP contribution >= 0.6 is 0 Å². The number of halogens is 3. The van der Waals surface area contributed by atoms with Crippen LogP contribution in [-0.4, -0.2) is 34.9 Å². The number of nitrogens with one attached hydrogen (secondary N) is 1. The standard InChI is InChI=1S/C26H26F3N3O/c1-17-9-10-19(14-18(17)2)22-7-3-4-8-23(22)25(33)32-13-5-6-21(16-32)31-24-12-11-20(15-30-24)26(27,28)29/h3-4,7-12,14-15,21H,5-6,13,16H2,1-2H3,(H,30,31)/t21-/m1/s1. The number of aryl methyl sites for hydroxylation is 2. The summed E-state index contributed by atoms with van der Waals surface area (Å²) >= 11 is 0. The van der Waals surface area contributed by atoms with Crippen LogP contribution in [0.1, 0.15) is 39.9 Å². The average Bonchev–Trinajstić information content (AvgIpc) is 2.80. The second kappa shape index (κ2) is 9.25. The molecule has 7 heteroatoms. The van der Waals surface area contributed by atoms with Crippen LogP contribution < -0.4 is 5.32 Å². The number of likely N-dealkylation sites (tertiary alicyclic amines) is 1. The van der Waals surface area contributed by atoms with Crippen LogP contribution in [0.3, 0.4) is 0 Å². The van der Waals surface area contributed by atoms with Crippen molar-refractivity contribution >= 4 is 11.7 Å². The topological polar surface area (TPSA) is 45.2 Å². The highest BCUT2D eigenvalue weighted by Gasteiger charge is 2.31. The first-order valence-electron chi connectivity index (χ1n) is 11.0. The predicted octanol–water partition coefficient (Wildman–Crippen LogP) is 6.10. The molecule has 3 aromatic rings. The SMILES string of the molecule is Cc1ccc(-c2ccccc2C(=O)N2CCC[C@@H](Nc3ccc(C(F)(F)F)cn3)C2)cc1C. The Morgan fingerprint density at radius 2 is 1.85 bits per heavy atom. The van der Waals surface area contributed by atoms with Gasteiger partial charge in [-0.05, 0) is 67.1 Å². The van der Waals surface area contributed by atoms with Gasteiger partial charge in [-0.3, -0.25) is 4.79 Å². The fraction of sp³-hybridized carbons (Fsp3) is 0.308. The van der Waals surface area contributed by atoms with Crippen LogP contribution in [0.4, 0.5) is 19.0 Å². The zero-order chi connectivity index (χ0) is 23.6. The summed E-state index contributed by atoms with van der Waals surface area (Å²) in [6.45, 7) is 5.21. The molecule has 33 heavy (non-hydrogen) atoms. The molecule has 0 unspecified atom stereocenters. The normalized spacial score (nSPS) is 16.5. The molecule has 0 bridgehead atoms. The average molecular weight is 454 g/mol. The van der Waals surface area contributed by atoms with Crippen molar-refractivity contribution in [3.05, 3.63) is 83.0 Å². The number of anilines is 1. The van der Waals surface area contributed by atoms with Crippen molar-refractivity contribution in [3.8, 4) is 11.1 Å². The molecule has 4 rings (SSSR count). The monoisotopic (exact) mass is 453 g/mol. The molecule has 0 spiro atoms. The van der Waals surface area contributed by atoms with Gasteiger partial charge in [0.2, 0.25) is 0 Å². The number of piperidine rings is 1. The number of nitrogens with zero attached hydrogens (tertiary/aromatic N) is 2. The molecule has 1 aliphatic heterocycles. The van der Waals surface area contributed by atoms with Crippen LogP contribution in [0, 0.1) is 13.8 Å². The third kappa shape index (κ3) is 5.18. The summed E-state index contributed by atoms with van der Waals surface area (Å²) in [5.74, 6) is 0.327. The molecule has 1 aromatic heterocycles. The molecule has 0 saturated carbocycles. The molecule has 1 aliphatic rings. The number of pyridine rings is 1. The number of alkyl halides is 3. The first kappa shape index (κ1) is 22.8. The Balaban J connectivity index is 1.50. The van der Waals surface area contributed by atoms with Gasteiger partial charge >= 0.3 is 6.18 Å². The van der Waals surface area contributed by atoms with Gasteiger partial charge in [-0.25, -0.2) is 4.98 Å². The van der Waals surface area contributed by atoms with Gasteiger partial charge in [0.15, 0.2) is 0 Å². The fourth-order valence-corrected chi connectivity index (χ4v) is 4.14. The van der Waals surface area contributed by atoms with Crippen molar-refractivity contribution in [1.29, 1.82) is 0 Å². The molecular weight excluding hydrogens is 427 g/mol. The highest BCUT2D eigenvalue weighted by atomic mass is 19.4. The van der Waals surface area contributed by atoms with E-state index in [0.29, 0.717) is 24.5 Å². The summed E-state index contributed by atoms with van der Waals surface area (Å²) in [5, 5.41) is 3.18. The van der Waals surface area contributed by atoms with Gasteiger partial charge in [0.1, 0.15) is 5.82 Å². The minimum atomic E-state index is -4.41. The summed E-state index contributed by atoms with van der Waals surface area (Å²) in [6.07, 6.45) is -1.97. The number of rotatable bonds is 4. The number of carbonyl (C=O) groups excluding carboxylic acids is 1. The zero-order valence-electron chi connectivity index (χ0n) is 18.6. The van der Waals surface area contributed by atoms with Crippen LogP contribution in [-0.2, 0) is 6.18 Å². The Morgan fingerprint density at radius 1 is 1.06 bits per heavy atom. The van der Waals surface area contributed by atoms with E-state index in [0.717, 1.165) is 36.2 Å². The quantitative estimate of drug-likeness (QED) is 0.519. The van der Waals surface area contributed by atoms with Crippen molar-refractivity contribution in [3.63, 3.8) is 0 Å². The lowest BCUT2D eigenvalue weighted by molar-refractivity contribution is -0.137. The summed E-state index contributed by atoms with van der Waals surface area (Å²) in [6, 6.07) is 16.1. The number of hydrogen-bond donors (Lipinski definition) is 1. The summed E-state index contributed by atoms with van der Waals surface area (Å²) < 4.78 is 38.3.